The molecule has 1 heterocycles. The van der Waals surface area contributed by atoms with Crippen molar-refractivity contribution in [1.82, 2.24) is 5.32 Å². The molecule has 8 heteroatoms. The fourth-order valence-electron chi connectivity index (χ4n) is 1.41. The summed E-state index contributed by atoms with van der Waals surface area (Å²) in [6.45, 7) is 0. The molecule has 1 atom stereocenters. The first-order valence-corrected chi connectivity index (χ1v) is 8.44. The van der Waals surface area contributed by atoms with Crippen molar-refractivity contribution in [3.05, 3.63) is 22.4 Å². The Labute approximate surface area is 115 Å². The molecule has 1 aromatic rings. The van der Waals surface area contributed by atoms with E-state index in [1.54, 1.807) is 12.1 Å². The Balaban J connectivity index is 2.53. The van der Waals surface area contributed by atoms with Crippen molar-refractivity contribution in [3.8, 4) is 0 Å². The SMILES string of the molecule is CS(=O)(=O)CCC(NC(=O)Cc1cccs1)C(=O)O. The molecule has 0 bridgehead atoms. The van der Waals surface area contributed by atoms with Crippen LogP contribution in [0.4, 0.5) is 0 Å². The van der Waals surface area contributed by atoms with E-state index in [2.05, 4.69) is 5.32 Å². The topological polar surface area (TPSA) is 101 Å². The van der Waals surface area contributed by atoms with Gasteiger partial charge in [-0.3, -0.25) is 4.79 Å². The van der Waals surface area contributed by atoms with Gasteiger partial charge in [-0.05, 0) is 17.9 Å². The number of sulfone groups is 1. The molecule has 0 aliphatic carbocycles. The normalized spacial score (nSPS) is 12.9. The largest absolute Gasteiger partial charge is 0.480 e. The highest BCUT2D eigenvalue weighted by Gasteiger charge is 2.21. The van der Waals surface area contributed by atoms with Gasteiger partial charge in [0, 0.05) is 11.1 Å². The maximum absolute atomic E-state index is 11.6. The van der Waals surface area contributed by atoms with E-state index < -0.39 is 27.8 Å². The Morgan fingerprint density at radius 3 is 2.63 bits per heavy atom. The summed E-state index contributed by atoms with van der Waals surface area (Å²) < 4.78 is 22.0. The van der Waals surface area contributed by atoms with E-state index in [0.717, 1.165) is 11.1 Å². The van der Waals surface area contributed by atoms with Crippen LogP contribution in [-0.2, 0) is 25.8 Å². The fraction of sp³-hybridized carbons (Fsp3) is 0.455. The van der Waals surface area contributed by atoms with Crippen molar-refractivity contribution in [2.24, 2.45) is 0 Å². The lowest BCUT2D eigenvalue weighted by Crippen LogP contribution is -2.42. The number of hydrogen-bond donors (Lipinski definition) is 2. The van der Waals surface area contributed by atoms with E-state index in [1.165, 1.54) is 11.3 Å². The molecule has 1 unspecified atom stereocenters. The van der Waals surface area contributed by atoms with Gasteiger partial charge in [0.1, 0.15) is 15.9 Å². The Morgan fingerprint density at radius 1 is 1.47 bits per heavy atom. The van der Waals surface area contributed by atoms with Crippen LogP contribution in [0, 0.1) is 0 Å². The smallest absolute Gasteiger partial charge is 0.326 e. The van der Waals surface area contributed by atoms with Crippen LogP contribution in [0.2, 0.25) is 0 Å². The van der Waals surface area contributed by atoms with E-state index in [1.807, 2.05) is 5.38 Å². The first-order chi connectivity index (χ1) is 8.78. The number of carboxylic acids is 1. The van der Waals surface area contributed by atoms with Crippen LogP contribution in [0.3, 0.4) is 0 Å². The van der Waals surface area contributed by atoms with Crippen molar-refractivity contribution in [3.63, 3.8) is 0 Å². The molecule has 0 spiro atoms. The number of thiophene rings is 1. The van der Waals surface area contributed by atoms with E-state index in [9.17, 15) is 18.0 Å². The standard InChI is InChI=1S/C11H15NO5S2/c1-19(16,17)6-4-9(11(14)15)12-10(13)7-8-3-2-5-18-8/h2-3,5,9H,4,6-7H2,1H3,(H,12,13)(H,14,15). The minimum atomic E-state index is -3.25. The number of nitrogens with one attached hydrogen (secondary N) is 1. The molecule has 2 N–H and O–H groups in total. The number of aliphatic carboxylic acids is 1. The highest BCUT2D eigenvalue weighted by Crippen LogP contribution is 2.09. The van der Waals surface area contributed by atoms with Gasteiger partial charge in [-0.1, -0.05) is 6.07 Å². The molecule has 0 aliphatic rings. The Morgan fingerprint density at radius 2 is 2.16 bits per heavy atom. The molecule has 1 amide bonds. The van der Waals surface area contributed by atoms with Gasteiger partial charge >= 0.3 is 5.97 Å². The third kappa shape index (κ3) is 6.35. The maximum atomic E-state index is 11.6. The van der Waals surface area contributed by atoms with Crippen LogP contribution >= 0.6 is 11.3 Å². The molecule has 106 valence electrons. The van der Waals surface area contributed by atoms with Crippen LogP contribution in [0.1, 0.15) is 11.3 Å². The van der Waals surface area contributed by atoms with Crippen molar-refractivity contribution >= 4 is 33.1 Å². The number of carboxylic acid groups (broad SMARTS) is 1. The van der Waals surface area contributed by atoms with Crippen LogP contribution in [0.5, 0.6) is 0 Å². The summed E-state index contributed by atoms with van der Waals surface area (Å²) in [6, 6.07) is 2.39. The summed E-state index contributed by atoms with van der Waals surface area (Å²) in [5.41, 5.74) is 0. The summed E-state index contributed by atoms with van der Waals surface area (Å²) in [4.78, 5) is 23.4. The Bertz CT molecular complexity index is 535. The van der Waals surface area contributed by atoms with Crippen molar-refractivity contribution in [2.75, 3.05) is 12.0 Å². The number of carbonyl (C=O) groups excluding carboxylic acids is 1. The van der Waals surface area contributed by atoms with Crippen LogP contribution < -0.4 is 5.32 Å². The van der Waals surface area contributed by atoms with Gasteiger partial charge in [0.25, 0.3) is 0 Å². The Hall–Kier alpha value is -1.41. The van der Waals surface area contributed by atoms with Crippen molar-refractivity contribution < 1.29 is 23.1 Å². The van der Waals surface area contributed by atoms with Crippen molar-refractivity contribution in [2.45, 2.75) is 18.9 Å². The summed E-state index contributed by atoms with van der Waals surface area (Å²) in [6.07, 6.45) is 0.990. The zero-order valence-corrected chi connectivity index (χ0v) is 12.0. The fourth-order valence-corrected chi connectivity index (χ4v) is 2.77. The van der Waals surface area contributed by atoms with Gasteiger partial charge in [-0.2, -0.15) is 0 Å². The average molecular weight is 305 g/mol. The monoisotopic (exact) mass is 305 g/mol. The molecule has 19 heavy (non-hydrogen) atoms. The van der Waals surface area contributed by atoms with Crippen LogP contribution in [0.15, 0.2) is 17.5 Å². The second-order valence-electron chi connectivity index (χ2n) is 4.13. The quantitative estimate of drug-likeness (QED) is 0.754. The van der Waals surface area contributed by atoms with E-state index >= 15 is 0 Å². The summed E-state index contributed by atoms with van der Waals surface area (Å²) in [5, 5.41) is 13.1. The highest BCUT2D eigenvalue weighted by molar-refractivity contribution is 7.90. The molecule has 0 aliphatic heterocycles. The molecule has 0 fully saturated rings. The summed E-state index contributed by atoms with van der Waals surface area (Å²) in [5.74, 6) is -1.94. The molecular formula is C11H15NO5S2. The average Bonchev–Trinajstić information content (AvgIpc) is 2.75. The molecule has 0 saturated carbocycles. The maximum Gasteiger partial charge on any atom is 0.326 e. The van der Waals surface area contributed by atoms with Crippen LogP contribution in [-0.4, -0.2) is 43.5 Å². The first-order valence-electron chi connectivity index (χ1n) is 5.50. The molecular weight excluding hydrogens is 290 g/mol. The molecule has 1 aromatic heterocycles. The summed E-state index contributed by atoms with van der Waals surface area (Å²) in [7, 11) is -3.25. The van der Waals surface area contributed by atoms with Gasteiger partial charge in [-0.25, -0.2) is 13.2 Å². The van der Waals surface area contributed by atoms with Gasteiger partial charge in [0.2, 0.25) is 5.91 Å². The van der Waals surface area contributed by atoms with Crippen molar-refractivity contribution in [1.29, 1.82) is 0 Å². The molecule has 0 aromatic carbocycles. The number of rotatable bonds is 7. The Kier molecular flexibility index (Phi) is 5.49. The molecule has 1 rings (SSSR count). The van der Waals surface area contributed by atoms with E-state index in [4.69, 9.17) is 5.11 Å². The second-order valence-corrected chi connectivity index (χ2v) is 7.43. The van der Waals surface area contributed by atoms with E-state index in [-0.39, 0.29) is 18.6 Å². The third-order valence-corrected chi connectivity index (χ3v) is 4.18. The van der Waals surface area contributed by atoms with Gasteiger partial charge in [0.05, 0.1) is 12.2 Å². The first kappa shape index (κ1) is 15.6. The lowest BCUT2D eigenvalue weighted by atomic mass is 10.2. The van der Waals surface area contributed by atoms with Crippen LogP contribution in [0.25, 0.3) is 0 Å². The molecule has 6 nitrogen and oxygen atoms in total. The second kappa shape index (κ2) is 6.67. The third-order valence-electron chi connectivity index (χ3n) is 2.33. The zero-order valence-electron chi connectivity index (χ0n) is 10.3. The van der Waals surface area contributed by atoms with Gasteiger partial charge < -0.3 is 10.4 Å². The van der Waals surface area contributed by atoms with Gasteiger partial charge in [0.15, 0.2) is 0 Å². The number of hydrogen-bond acceptors (Lipinski definition) is 5. The van der Waals surface area contributed by atoms with Gasteiger partial charge in [-0.15, -0.1) is 11.3 Å². The lowest BCUT2D eigenvalue weighted by molar-refractivity contribution is -0.141. The highest BCUT2D eigenvalue weighted by atomic mass is 32.2. The predicted octanol–water partition coefficient (Wildman–Crippen LogP) is 0.295. The van der Waals surface area contributed by atoms with E-state index in [0.29, 0.717) is 0 Å². The number of carbonyl (C=O) groups is 2. The lowest BCUT2D eigenvalue weighted by Gasteiger charge is -2.13. The predicted molar refractivity (Wildman–Crippen MR) is 71.9 cm³/mol. The summed E-state index contributed by atoms with van der Waals surface area (Å²) >= 11 is 1.40. The zero-order chi connectivity index (χ0) is 14.5. The minimum Gasteiger partial charge on any atom is -0.480 e. The molecule has 0 saturated heterocycles. The molecule has 0 radical (unpaired) electrons. The minimum absolute atomic E-state index is 0.0975. The number of amides is 1.